The Hall–Kier alpha value is -4.31. The summed E-state index contributed by atoms with van der Waals surface area (Å²) in [6.45, 7) is 1.82. The van der Waals surface area contributed by atoms with Crippen LogP contribution < -0.4 is 15.5 Å². The van der Waals surface area contributed by atoms with Crippen molar-refractivity contribution < 1.29 is 19.2 Å². The predicted octanol–water partition coefficient (Wildman–Crippen LogP) is 3.80. The van der Waals surface area contributed by atoms with Crippen LogP contribution in [0.1, 0.15) is 48.0 Å². The molecule has 2 N–H and O–H groups in total. The van der Waals surface area contributed by atoms with Crippen LogP contribution in [0.15, 0.2) is 54.9 Å². The van der Waals surface area contributed by atoms with E-state index in [0.717, 1.165) is 42.6 Å². The van der Waals surface area contributed by atoms with E-state index in [9.17, 15) is 19.2 Å². The number of imide groups is 1. The van der Waals surface area contributed by atoms with E-state index in [2.05, 4.69) is 25.5 Å². The van der Waals surface area contributed by atoms with Gasteiger partial charge in [0.15, 0.2) is 0 Å². The normalized spacial score (nSPS) is 19.2. The van der Waals surface area contributed by atoms with Gasteiger partial charge in [-0.25, -0.2) is 9.97 Å². The van der Waals surface area contributed by atoms with Crippen molar-refractivity contribution >= 4 is 46.9 Å². The highest BCUT2D eigenvalue weighted by Crippen LogP contribution is 2.30. The summed E-state index contributed by atoms with van der Waals surface area (Å²) in [5.74, 6) is -0.129. The molecule has 210 valence electrons. The Labute approximate surface area is 242 Å². The zero-order chi connectivity index (χ0) is 28.5. The maximum atomic E-state index is 12.9. The van der Waals surface area contributed by atoms with Gasteiger partial charge in [0.1, 0.15) is 6.04 Å². The zero-order valence-electron chi connectivity index (χ0n) is 22.3. The molecule has 2 fully saturated rings. The van der Waals surface area contributed by atoms with Crippen molar-refractivity contribution in [2.45, 2.75) is 44.7 Å². The fourth-order valence-corrected chi connectivity index (χ4v) is 5.87. The van der Waals surface area contributed by atoms with E-state index < -0.39 is 11.9 Å². The molecule has 0 radical (unpaired) electrons. The molecule has 11 heteroatoms. The average molecular weight is 573 g/mol. The summed E-state index contributed by atoms with van der Waals surface area (Å²) in [6, 6.07) is 12.1. The van der Waals surface area contributed by atoms with E-state index >= 15 is 0 Å². The average Bonchev–Trinajstić information content (AvgIpc) is 3.29. The Kier molecular flexibility index (Phi) is 7.40. The third-order valence-electron chi connectivity index (χ3n) is 7.99. The van der Waals surface area contributed by atoms with Gasteiger partial charge in [-0.2, -0.15) is 0 Å². The Morgan fingerprint density at radius 2 is 1.71 bits per heavy atom. The molecule has 41 heavy (non-hydrogen) atoms. The van der Waals surface area contributed by atoms with E-state index in [1.165, 1.54) is 4.90 Å². The molecule has 1 aromatic heterocycles. The molecule has 4 amide bonds. The summed E-state index contributed by atoms with van der Waals surface area (Å²) in [5.41, 5.74) is 3.83. The first-order valence-electron chi connectivity index (χ1n) is 13.7. The fourth-order valence-electron chi connectivity index (χ4n) is 5.74. The predicted molar refractivity (Wildman–Crippen MR) is 153 cm³/mol. The van der Waals surface area contributed by atoms with E-state index in [1.807, 2.05) is 36.7 Å². The molecule has 2 saturated heterocycles. The van der Waals surface area contributed by atoms with Crippen molar-refractivity contribution in [3.05, 3.63) is 71.0 Å². The van der Waals surface area contributed by atoms with Crippen molar-refractivity contribution in [1.29, 1.82) is 0 Å². The second kappa shape index (κ2) is 11.3. The summed E-state index contributed by atoms with van der Waals surface area (Å²) < 4.78 is 0. The number of carbonyl (C=O) groups is 4. The van der Waals surface area contributed by atoms with Crippen LogP contribution in [0.25, 0.3) is 11.1 Å². The number of aromatic nitrogens is 2. The maximum absolute atomic E-state index is 12.9. The van der Waals surface area contributed by atoms with Crippen LogP contribution in [0.3, 0.4) is 0 Å². The second-order valence-corrected chi connectivity index (χ2v) is 11.2. The summed E-state index contributed by atoms with van der Waals surface area (Å²) in [4.78, 5) is 62.3. The molecule has 0 aliphatic carbocycles. The van der Waals surface area contributed by atoms with Gasteiger partial charge in [-0.1, -0.05) is 23.7 Å². The third kappa shape index (κ3) is 5.78. The number of amides is 4. The lowest BCUT2D eigenvalue weighted by Crippen LogP contribution is -2.52. The second-order valence-electron chi connectivity index (χ2n) is 10.7. The molecule has 1 unspecified atom stereocenters. The Morgan fingerprint density at radius 3 is 2.41 bits per heavy atom. The highest BCUT2D eigenvalue weighted by Gasteiger charge is 2.39. The molecule has 0 saturated carbocycles. The van der Waals surface area contributed by atoms with Gasteiger partial charge in [-0.15, -0.1) is 0 Å². The van der Waals surface area contributed by atoms with Gasteiger partial charge in [-0.3, -0.25) is 24.5 Å². The lowest BCUT2D eigenvalue weighted by Gasteiger charge is -2.31. The Morgan fingerprint density at radius 1 is 0.976 bits per heavy atom. The summed E-state index contributed by atoms with van der Waals surface area (Å²) in [5, 5.41) is 5.97. The van der Waals surface area contributed by atoms with Crippen LogP contribution in [-0.4, -0.2) is 57.6 Å². The Bertz CT molecular complexity index is 1500. The molecular weight excluding hydrogens is 544 g/mol. The number of nitrogens with zero attached hydrogens (tertiary/aromatic N) is 4. The van der Waals surface area contributed by atoms with Crippen LogP contribution in [0.2, 0.25) is 5.02 Å². The third-order valence-corrected chi connectivity index (χ3v) is 8.25. The zero-order valence-corrected chi connectivity index (χ0v) is 23.1. The molecule has 3 aromatic rings. The highest BCUT2D eigenvalue weighted by atomic mass is 35.5. The number of piperidine rings is 2. The number of fused-ring (bicyclic) bond motifs is 1. The van der Waals surface area contributed by atoms with Crippen molar-refractivity contribution in [3.8, 4) is 11.1 Å². The smallest absolute Gasteiger partial charge is 0.255 e. The number of hydrogen-bond acceptors (Lipinski definition) is 7. The van der Waals surface area contributed by atoms with Crippen LogP contribution in [0, 0.1) is 5.92 Å². The van der Waals surface area contributed by atoms with Crippen molar-refractivity contribution in [2.24, 2.45) is 5.92 Å². The lowest BCUT2D eigenvalue weighted by molar-refractivity contribution is -0.137. The number of benzene rings is 2. The van der Waals surface area contributed by atoms with Crippen LogP contribution >= 0.6 is 11.6 Å². The van der Waals surface area contributed by atoms with Gasteiger partial charge in [0.2, 0.25) is 23.7 Å². The highest BCUT2D eigenvalue weighted by molar-refractivity contribution is 6.30. The van der Waals surface area contributed by atoms with E-state index in [1.54, 1.807) is 18.2 Å². The van der Waals surface area contributed by atoms with Gasteiger partial charge >= 0.3 is 0 Å². The molecule has 3 aliphatic heterocycles. The van der Waals surface area contributed by atoms with Gasteiger partial charge in [0, 0.05) is 66.7 Å². The molecule has 4 heterocycles. The summed E-state index contributed by atoms with van der Waals surface area (Å²) in [7, 11) is 0. The minimum atomic E-state index is -0.664. The molecule has 2 aromatic carbocycles. The molecular formula is C30H29ClN6O4. The van der Waals surface area contributed by atoms with Gasteiger partial charge < -0.3 is 15.1 Å². The molecule has 10 nitrogen and oxygen atoms in total. The number of hydrogen-bond donors (Lipinski definition) is 2. The van der Waals surface area contributed by atoms with Gasteiger partial charge in [0.05, 0.1) is 0 Å². The maximum Gasteiger partial charge on any atom is 0.255 e. The van der Waals surface area contributed by atoms with Crippen LogP contribution in [0.5, 0.6) is 0 Å². The largest absolute Gasteiger partial charge is 0.341 e. The Balaban J connectivity index is 1.000. The molecule has 0 spiro atoms. The standard InChI is InChI=1S/C30H29ClN6O4/c31-22-3-1-19(2-4-22)21-15-32-30(33-16-21)36-11-9-18(10-12-36)13-27(39)34-23-5-6-24-20(14-23)17-37(29(24)41)25-7-8-26(38)35-28(25)40/h1-6,14-16,18,25H,7-13,17H2,(H,34,39)(H,35,38,40). The first-order chi connectivity index (χ1) is 19.8. The molecule has 3 aliphatic rings. The minimum absolute atomic E-state index is 0.0710. The molecule has 1 atom stereocenters. The van der Waals surface area contributed by atoms with E-state index in [0.29, 0.717) is 35.1 Å². The monoisotopic (exact) mass is 572 g/mol. The number of carbonyl (C=O) groups excluding carboxylic acids is 4. The van der Waals surface area contributed by atoms with E-state index in [4.69, 9.17) is 11.6 Å². The number of nitrogens with one attached hydrogen (secondary N) is 2. The summed E-state index contributed by atoms with van der Waals surface area (Å²) in [6.07, 6.45) is 6.28. The number of rotatable bonds is 6. The minimum Gasteiger partial charge on any atom is -0.341 e. The van der Waals surface area contributed by atoms with Crippen molar-refractivity contribution in [3.63, 3.8) is 0 Å². The topological polar surface area (TPSA) is 125 Å². The lowest BCUT2D eigenvalue weighted by atomic mass is 9.93. The first kappa shape index (κ1) is 26.9. The molecule has 0 bridgehead atoms. The SMILES string of the molecule is O=C1CCC(N2Cc3cc(NC(=O)CC4CCN(c5ncc(-c6ccc(Cl)cc6)cn5)CC4)ccc3C2=O)C(=O)N1. The van der Waals surface area contributed by atoms with Crippen molar-refractivity contribution in [2.75, 3.05) is 23.3 Å². The quantitative estimate of drug-likeness (QED) is 0.430. The van der Waals surface area contributed by atoms with E-state index in [-0.39, 0.29) is 36.6 Å². The number of anilines is 2. The fraction of sp³-hybridized carbons (Fsp3) is 0.333. The van der Waals surface area contributed by atoms with Gasteiger partial charge in [0.25, 0.3) is 5.91 Å². The number of halogens is 1. The first-order valence-corrected chi connectivity index (χ1v) is 14.1. The summed E-state index contributed by atoms with van der Waals surface area (Å²) >= 11 is 5.98. The van der Waals surface area contributed by atoms with Crippen LogP contribution in [0.4, 0.5) is 11.6 Å². The molecule has 6 rings (SSSR count). The van der Waals surface area contributed by atoms with Gasteiger partial charge in [-0.05, 0) is 66.6 Å². The van der Waals surface area contributed by atoms with Crippen molar-refractivity contribution in [1.82, 2.24) is 20.2 Å². The van der Waals surface area contributed by atoms with Crippen LogP contribution in [-0.2, 0) is 20.9 Å².